The molecule has 5 rings (SSSR count). The lowest BCUT2D eigenvalue weighted by molar-refractivity contribution is -0.00815. The van der Waals surface area contributed by atoms with Crippen LogP contribution in [0.1, 0.15) is 30.9 Å². The highest BCUT2D eigenvalue weighted by Crippen LogP contribution is 2.63. The Labute approximate surface area is 131 Å². The number of allylic oxidation sites excluding steroid dienone is 1. The molecule has 1 saturated heterocycles. The van der Waals surface area contributed by atoms with Gasteiger partial charge in [-0.25, -0.2) is 0 Å². The molecule has 1 spiro atoms. The number of methoxy groups -OCH3 is 1. The van der Waals surface area contributed by atoms with Gasteiger partial charge in [0.2, 0.25) is 0 Å². The molecule has 3 heteroatoms. The Hall–Kier alpha value is -1.48. The predicted molar refractivity (Wildman–Crippen MR) is 85.7 cm³/mol. The van der Waals surface area contributed by atoms with Crippen molar-refractivity contribution in [3.05, 3.63) is 34.9 Å². The molecule has 0 aromatic heterocycles. The topological polar surface area (TPSA) is 21.7 Å². The van der Waals surface area contributed by atoms with Gasteiger partial charge >= 0.3 is 0 Å². The largest absolute Gasteiger partial charge is 0.493 e. The molecule has 0 N–H and O–H groups in total. The summed E-state index contributed by atoms with van der Waals surface area (Å²) in [4.78, 5) is 2.58. The van der Waals surface area contributed by atoms with E-state index in [1.165, 1.54) is 36.1 Å². The average Bonchev–Trinajstić information content (AvgIpc) is 2.88. The van der Waals surface area contributed by atoms with E-state index in [1.54, 1.807) is 7.11 Å². The van der Waals surface area contributed by atoms with Crippen LogP contribution in [0.4, 0.5) is 0 Å². The number of piperidine rings is 1. The first-order chi connectivity index (χ1) is 10.7. The molecule has 0 amide bonds. The van der Waals surface area contributed by atoms with E-state index < -0.39 is 0 Å². The first-order valence-corrected chi connectivity index (χ1v) is 8.40. The molecule has 2 bridgehead atoms. The summed E-state index contributed by atoms with van der Waals surface area (Å²) in [5.41, 5.74) is 4.57. The molecule has 4 aliphatic rings. The third-order valence-electron chi connectivity index (χ3n) is 6.70. The second-order valence-electron chi connectivity index (χ2n) is 7.46. The molecular formula is C19H23NO2. The molecule has 4 atom stereocenters. The van der Waals surface area contributed by atoms with E-state index in [1.807, 2.05) is 0 Å². The van der Waals surface area contributed by atoms with E-state index in [4.69, 9.17) is 9.47 Å². The van der Waals surface area contributed by atoms with Gasteiger partial charge in [-0.1, -0.05) is 12.1 Å². The lowest BCUT2D eigenvalue weighted by Gasteiger charge is -2.57. The highest BCUT2D eigenvalue weighted by molar-refractivity contribution is 5.62. The van der Waals surface area contributed by atoms with E-state index in [0.29, 0.717) is 12.0 Å². The summed E-state index contributed by atoms with van der Waals surface area (Å²) in [6.45, 7) is 3.42. The Morgan fingerprint density at radius 1 is 1.36 bits per heavy atom. The highest BCUT2D eigenvalue weighted by atomic mass is 16.5. The lowest BCUT2D eigenvalue weighted by Crippen LogP contribution is -2.63. The summed E-state index contributed by atoms with van der Waals surface area (Å²) < 4.78 is 12.1. The Bertz CT molecular complexity index is 695. The maximum absolute atomic E-state index is 6.54. The van der Waals surface area contributed by atoms with Crippen LogP contribution >= 0.6 is 0 Å². The zero-order valence-corrected chi connectivity index (χ0v) is 13.6. The van der Waals surface area contributed by atoms with Gasteiger partial charge in [0.25, 0.3) is 0 Å². The fourth-order valence-corrected chi connectivity index (χ4v) is 5.73. The van der Waals surface area contributed by atoms with Gasteiger partial charge in [0.05, 0.1) is 7.11 Å². The fourth-order valence-electron chi connectivity index (χ4n) is 5.73. The summed E-state index contributed by atoms with van der Waals surface area (Å²) in [5.74, 6) is 2.62. The minimum atomic E-state index is 0.188. The van der Waals surface area contributed by atoms with Gasteiger partial charge in [-0.3, -0.25) is 0 Å². The van der Waals surface area contributed by atoms with Crippen molar-refractivity contribution >= 4 is 0 Å². The Morgan fingerprint density at radius 3 is 3.05 bits per heavy atom. The Kier molecular flexibility index (Phi) is 2.41. The molecular weight excluding hydrogens is 274 g/mol. The van der Waals surface area contributed by atoms with Crippen molar-refractivity contribution in [1.29, 1.82) is 0 Å². The van der Waals surface area contributed by atoms with Gasteiger partial charge in [0.1, 0.15) is 6.10 Å². The summed E-state index contributed by atoms with van der Waals surface area (Å²) in [6.07, 6.45) is 6.18. The van der Waals surface area contributed by atoms with Gasteiger partial charge in [-0.15, -0.1) is 0 Å². The molecule has 1 aromatic carbocycles. The smallest absolute Gasteiger partial charge is 0.166 e. The van der Waals surface area contributed by atoms with E-state index in [9.17, 15) is 0 Å². The number of ether oxygens (including phenoxy) is 2. The van der Waals surface area contributed by atoms with Gasteiger partial charge in [-0.05, 0) is 62.9 Å². The first kappa shape index (κ1) is 13.0. The third kappa shape index (κ3) is 1.28. The second-order valence-corrected chi connectivity index (χ2v) is 7.46. The quantitative estimate of drug-likeness (QED) is 0.744. The standard InChI is InChI=1S/C19H23NO2/c1-11-4-6-13-14-10-12-5-7-15(21-3)17-16(12)19(13,18(11)22-17)8-9-20(14)2/h4-5,7,13-14,18H,6,8-10H2,1-3H3/t13-,14-,18-,19-/m1/s1. The predicted octanol–water partition coefficient (Wildman–Crippen LogP) is 2.92. The number of hydrogen-bond donors (Lipinski definition) is 0. The van der Waals surface area contributed by atoms with Crippen LogP contribution in [0.2, 0.25) is 0 Å². The maximum Gasteiger partial charge on any atom is 0.166 e. The van der Waals surface area contributed by atoms with Crippen LogP contribution in [0.5, 0.6) is 11.5 Å². The normalized spacial score (nSPS) is 38.1. The van der Waals surface area contributed by atoms with Crippen LogP contribution in [-0.2, 0) is 11.8 Å². The molecule has 22 heavy (non-hydrogen) atoms. The molecule has 1 aromatic rings. The van der Waals surface area contributed by atoms with Gasteiger partial charge < -0.3 is 14.4 Å². The van der Waals surface area contributed by atoms with Crippen molar-refractivity contribution in [1.82, 2.24) is 4.90 Å². The molecule has 0 radical (unpaired) electrons. The minimum Gasteiger partial charge on any atom is -0.493 e. The Morgan fingerprint density at radius 2 is 2.23 bits per heavy atom. The minimum absolute atomic E-state index is 0.188. The van der Waals surface area contributed by atoms with Crippen LogP contribution in [0, 0.1) is 5.92 Å². The molecule has 2 aliphatic heterocycles. The molecule has 1 fully saturated rings. The third-order valence-corrected chi connectivity index (χ3v) is 6.70. The van der Waals surface area contributed by atoms with E-state index >= 15 is 0 Å². The monoisotopic (exact) mass is 297 g/mol. The number of hydrogen-bond acceptors (Lipinski definition) is 3. The molecule has 2 heterocycles. The first-order valence-electron chi connectivity index (χ1n) is 8.40. The second kappa shape index (κ2) is 4.08. The summed E-state index contributed by atoms with van der Waals surface area (Å²) in [5, 5.41) is 0. The summed E-state index contributed by atoms with van der Waals surface area (Å²) >= 11 is 0. The van der Waals surface area contributed by atoms with Crippen molar-refractivity contribution in [2.24, 2.45) is 5.92 Å². The zero-order valence-electron chi connectivity index (χ0n) is 13.6. The van der Waals surface area contributed by atoms with Crippen LogP contribution in [0.25, 0.3) is 0 Å². The molecule has 116 valence electrons. The van der Waals surface area contributed by atoms with Gasteiger partial charge in [-0.2, -0.15) is 0 Å². The number of likely N-dealkylation sites (N-methyl/N-ethyl adjacent to an activating group) is 1. The molecule has 3 nitrogen and oxygen atoms in total. The van der Waals surface area contributed by atoms with Crippen molar-refractivity contribution in [2.45, 2.75) is 43.7 Å². The zero-order chi connectivity index (χ0) is 15.1. The number of likely N-dealkylation sites (tertiary alicyclic amines) is 1. The number of rotatable bonds is 1. The fraction of sp³-hybridized carbons (Fsp3) is 0.579. The van der Waals surface area contributed by atoms with Crippen molar-refractivity contribution < 1.29 is 9.47 Å². The maximum atomic E-state index is 6.54. The van der Waals surface area contributed by atoms with E-state index in [2.05, 4.69) is 37.1 Å². The number of nitrogens with zero attached hydrogens (tertiary/aromatic N) is 1. The summed E-state index contributed by atoms with van der Waals surface area (Å²) in [7, 11) is 4.05. The van der Waals surface area contributed by atoms with Crippen LogP contribution in [-0.4, -0.2) is 37.7 Å². The van der Waals surface area contributed by atoms with Crippen molar-refractivity contribution in [2.75, 3.05) is 20.7 Å². The van der Waals surface area contributed by atoms with Crippen molar-refractivity contribution in [3.63, 3.8) is 0 Å². The molecule has 0 saturated carbocycles. The van der Waals surface area contributed by atoms with Gasteiger partial charge in [0.15, 0.2) is 11.5 Å². The highest BCUT2D eigenvalue weighted by Gasteiger charge is 2.63. The summed E-state index contributed by atoms with van der Waals surface area (Å²) in [6, 6.07) is 5.02. The van der Waals surface area contributed by atoms with Gasteiger partial charge in [0, 0.05) is 17.0 Å². The van der Waals surface area contributed by atoms with Crippen molar-refractivity contribution in [3.8, 4) is 11.5 Å². The molecule has 0 unspecified atom stereocenters. The van der Waals surface area contributed by atoms with Crippen LogP contribution < -0.4 is 9.47 Å². The van der Waals surface area contributed by atoms with E-state index in [0.717, 1.165) is 17.9 Å². The SMILES string of the molecule is COc1ccc2c3c1O[C@@H]1C(C)=CC[C@@H]4[C@@H](C2)N(C)CC[C@@]314. The van der Waals surface area contributed by atoms with E-state index in [-0.39, 0.29) is 11.5 Å². The Balaban J connectivity index is 1.83. The average molecular weight is 297 g/mol. The van der Waals surface area contributed by atoms with Crippen LogP contribution in [0.3, 0.4) is 0 Å². The molecule has 2 aliphatic carbocycles. The lowest BCUT2D eigenvalue weighted by atomic mass is 9.52. The van der Waals surface area contributed by atoms with Crippen LogP contribution in [0.15, 0.2) is 23.8 Å². The number of benzene rings is 1.